The summed E-state index contributed by atoms with van der Waals surface area (Å²) in [6.45, 7) is 0. The maximum absolute atomic E-state index is 12.8. The van der Waals surface area contributed by atoms with Gasteiger partial charge in [-0.25, -0.2) is 0 Å². The zero-order valence-corrected chi connectivity index (χ0v) is 13.5. The molecular formula is C19H21NO3. The number of carbonyl (C=O) groups is 1. The molecule has 1 aliphatic carbocycles. The normalized spacial score (nSPS) is 16.3. The van der Waals surface area contributed by atoms with E-state index in [4.69, 9.17) is 9.47 Å². The van der Waals surface area contributed by atoms with Crippen LogP contribution in [0.1, 0.15) is 40.4 Å². The maximum Gasteiger partial charge on any atom is 0.259 e. The summed E-state index contributed by atoms with van der Waals surface area (Å²) in [7, 11) is 3.11. The number of benzene rings is 2. The van der Waals surface area contributed by atoms with Crippen molar-refractivity contribution in [3.05, 3.63) is 59.2 Å². The number of amides is 1. The Morgan fingerprint density at radius 3 is 2.43 bits per heavy atom. The van der Waals surface area contributed by atoms with Gasteiger partial charge in [0, 0.05) is 0 Å². The number of ether oxygens (including phenoxy) is 2. The summed E-state index contributed by atoms with van der Waals surface area (Å²) in [6.07, 6.45) is 3.09. The molecule has 3 rings (SSSR count). The van der Waals surface area contributed by atoms with E-state index in [9.17, 15) is 4.79 Å². The Kier molecular flexibility index (Phi) is 4.51. The lowest BCUT2D eigenvalue weighted by atomic mass is 9.87. The number of aryl methyl sites for hydroxylation is 1. The first-order valence-corrected chi connectivity index (χ1v) is 7.84. The lowest BCUT2D eigenvalue weighted by molar-refractivity contribution is 0.0926. The maximum atomic E-state index is 12.8. The minimum atomic E-state index is -0.166. The van der Waals surface area contributed by atoms with Crippen LogP contribution in [0.15, 0.2) is 42.5 Å². The molecule has 4 nitrogen and oxygen atoms in total. The van der Waals surface area contributed by atoms with Crippen molar-refractivity contribution >= 4 is 5.91 Å². The third-order valence-corrected chi connectivity index (χ3v) is 4.33. The number of carbonyl (C=O) groups excluding carboxylic acids is 1. The Balaban J connectivity index is 1.89. The van der Waals surface area contributed by atoms with E-state index in [2.05, 4.69) is 17.4 Å². The van der Waals surface area contributed by atoms with Gasteiger partial charge >= 0.3 is 0 Å². The van der Waals surface area contributed by atoms with Gasteiger partial charge in [0.1, 0.15) is 17.1 Å². The minimum absolute atomic E-state index is 0.0297. The van der Waals surface area contributed by atoms with Crippen molar-refractivity contribution in [1.29, 1.82) is 0 Å². The fourth-order valence-electron chi connectivity index (χ4n) is 3.21. The van der Waals surface area contributed by atoms with Gasteiger partial charge in [0.25, 0.3) is 5.91 Å². The van der Waals surface area contributed by atoms with Crippen LogP contribution in [0.3, 0.4) is 0 Å². The van der Waals surface area contributed by atoms with Crippen LogP contribution in [0.25, 0.3) is 0 Å². The molecule has 0 aliphatic heterocycles. The van der Waals surface area contributed by atoms with Crippen molar-refractivity contribution in [3.63, 3.8) is 0 Å². The molecule has 23 heavy (non-hydrogen) atoms. The van der Waals surface area contributed by atoms with Gasteiger partial charge < -0.3 is 14.8 Å². The van der Waals surface area contributed by atoms with E-state index in [-0.39, 0.29) is 11.9 Å². The lowest BCUT2D eigenvalue weighted by Crippen LogP contribution is -2.31. The molecule has 1 atom stereocenters. The summed E-state index contributed by atoms with van der Waals surface area (Å²) in [5, 5.41) is 3.14. The van der Waals surface area contributed by atoms with E-state index in [1.54, 1.807) is 26.4 Å². The van der Waals surface area contributed by atoms with Gasteiger partial charge in [-0.15, -0.1) is 0 Å². The topological polar surface area (TPSA) is 47.6 Å². The Labute approximate surface area is 136 Å². The van der Waals surface area contributed by atoms with Crippen molar-refractivity contribution in [2.24, 2.45) is 0 Å². The Morgan fingerprint density at radius 2 is 1.74 bits per heavy atom. The zero-order chi connectivity index (χ0) is 16.2. The van der Waals surface area contributed by atoms with Crippen LogP contribution in [0.4, 0.5) is 0 Å². The van der Waals surface area contributed by atoms with Gasteiger partial charge in [0.15, 0.2) is 0 Å². The van der Waals surface area contributed by atoms with Gasteiger partial charge in [0.2, 0.25) is 0 Å². The van der Waals surface area contributed by atoms with Gasteiger partial charge in [-0.05, 0) is 42.5 Å². The van der Waals surface area contributed by atoms with E-state index in [0.29, 0.717) is 17.1 Å². The summed E-state index contributed by atoms with van der Waals surface area (Å²) < 4.78 is 10.7. The van der Waals surface area contributed by atoms with E-state index in [1.807, 2.05) is 18.2 Å². The first-order valence-electron chi connectivity index (χ1n) is 7.84. The fraction of sp³-hybridized carbons (Fsp3) is 0.316. The van der Waals surface area contributed by atoms with Crippen molar-refractivity contribution in [3.8, 4) is 11.5 Å². The van der Waals surface area contributed by atoms with Crippen LogP contribution in [0, 0.1) is 0 Å². The third kappa shape index (κ3) is 3.02. The molecule has 1 amide bonds. The van der Waals surface area contributed by atoms with Gasteiger partial charge in [-0.1, -0.05) is 30.3 Å². The van der Waals surface area contributed by atoms with Gasteiger partial charge in [0.05, 0.1) is 20.3 Å². The van der Waals surface area contributed by atoms with Gasteiger partial charge in [-0.2, -0.15) is 0 Å². The highest BCUT2D eigenvalue weighted by Gasteiger charge is 2.25. The fourth-order valence-corrected chi connectivity index (χ4v) is 3.21. The highest BCUT2D eigenvalue weighted by atomic mass is 16.5. The van der Waals surface area contributed by atoms with Crippen LogP contribution in [0.2, 0.25) is 0 Å². The van der Waals surface area contributed by atoms with Crippen molar-refractivity contribution in [1.82, 2.24) is 5.32 Å². The number of methoxy groups -OCH3 is 2. The first-order chi connectivity index (χ1) is 11.2. The number of hydrogen-bond donors (Lipinski definition) is 1. The van der Waals surface area contributed by atoms with Crippen LogP contribution in [-0.4, -0.2) is 20.1 Å². The number of nitrogens with one attached hydrogen (secondary N) is 1. The summed E-state index contributed by atoms with van der Waals surface area (Å²) >= 11 is 0. The molecule has 0 aromatic heterocycles. The molecule has 0 saturated heterocycles. The molecular weight excluding hydrogens is 290 g/mol. The predicted molar refractivity (Wildman–Crippen MR) is 89.1 cm³/mol. The number of rotatable bonds is 4. The second kappa shape index (κ2) is 6.73. The average Bonchev–Trinajstić information content (AvgIpc) is 2.61. The lowest BCUT2D eigenvalue weighted by Gasteiger charge is -2.26. The molecule has 1 aliphatic rings. The third-order valence-electron chi connectivity index (χ3n) is 4.33. The number of hydrogen-bond acceptors (Lipinski definition) is 3. The molecule has 0 radical (unpaired) electrons. The Hall–Kier alpha value is -2.49. The molecule has 0 saturated carbocycles. The second-order valence-electron chi connectivity index (χ2n) is 5.65. The minimum Gasteiger partial charge on any atom is -0.496 e. The molecule has 0 fully saturated rings. The predicted octanol–water partition coefficient (Wildman–Crippen LogP) is 3.51. The first kappa shape index (κ1) is 15.4. The van der Waals surface area contributed by atoms with Crippen molar-refractivity contribution in [2.75, 3.05) is 14.2 Å². The molecule has 0 heterocycles. The molecule has 0 unspecified atom stereocenters. The molecule has 120 valence electrons. The quantitative estimate of drug-likeness (QED) is 0.940. The molecule has 0 spiro atoms. The van der Waals surface area contributed by atoms with Crippen LogP contribution in [0.5, 0.6) is 11.5 Å². The Morgan fingerprint density at radius 1 is 1.04 bits per heavy atom. The zero-order valence-electron chi connectivity index (χ0n) is 13.5. The molecule has 4 heteroatoms. The van der Waals surface area contributed by atoms with Crippen LogP contribution in [-0.2, 0) is 6.42 Å². The summed E-state index contributed by atoms with van der Waals surface area (Å²) in [5.74, 6) is 0.873. The van der Waals surface area contributed by atoms with Crippen molar-refractivity contribution in [2.45, 2.75) is 25.3 Å². The summed E-state index contributed by atoms with van der Waals surface area (Å²) in [6, 6.07) is 13.7. The Bertz CT molecular complexity index is 689. The van der Waals surface area contributed by atoms with E-state index in [0.717, 1.165) is 19.3 Å². The monoisotopic (exact) mass is 311 g/mol. The highest BCUT2D eigenvalue weighted by molar-refractivity contribution is 6.00. The van der Waals surface area contributed by atoms with Crippen LogP contribution >= 0.6 is 0 Å². The van der Waals surface area contributed by atoms with E-state index in [1.165, 1.54) is 11.1 Å². The second-order valence-corrected chi connectivity index (χ2v) is 5.65. The average molecular weight is 311 g/mol. The van der Waals surface area contributed by atoms with E-state index >= 15 is 0 Å². The van der Waals surface area contributed by atoms with E-state index < -0.39 is 0 Å². The summed E-state index contributed by atoms with van der Waals surface area (Å²) in [5.41, 5.74) is 2.97. The SMILES string of the molecule is COc1cccc(OC)c1C(=O)N[C@H]1CCCc2ccccc21. The summed E-state index contributed by atoms with van der Waals surface area (Å²) in [4.78, 5) is 12.8. The standard InChI is InChI=1S/C19H21NO3/c1-22-16-11-6-12-17(23-2)18(16)19(21)20-15-10-5-8-13-7-3-4-9-14(13)15/h3-4,6-7,9,11-12,15H,5,8,10H2,1-2H3,(H,20,21)/t15-/m0/s1. The molecule has 2 aromatic carbocycles. The molecule has 0 bridgehead atoms. The van der Waals surface area contributed by atoms with Gasteiger partial charge in [-0.3, -0.25) is 4.79 Å². The molecule has 2 aromatic rings. The van der Waals surface area contributed by atoms with Crippen molar-refractivity contribution < 1.29 is 14.3 Å². The smallest absolute Gasteiger partial charge is 0.259 e. The largest absolute Gasteiger partial charge is 0.496 e. The number of fused-ring (bicyclic) bond motifs is 1. The highest BCUT2D eigenvalue weighted by Crippen LogP contribution is 2.32. The van der Waals surface area contributed by atoms with Crippen LogP contribution < -0.4 is 14.8 Å². The molecule has 1 N–H and O–H groups in total.